The molecule has 0 atom stereocenters. The highest BCUT2D eigenvalue weighted by Crippen LogP contribution is 2.36. The zero-order valence-electron chi connectivity index (χ0n) is 19.5. The number of benzene rings is 4. The first-order chi connectivity index (χ1) is 18.3. The van der Waals surface area contributed by atoms with Crippen LogP contribution in [0.2, 0.25) is 5.02 Å². The molecule has 0 bridgehead atoms. The third-order valence-electron chi connectivity index (χ3n) is 4.73. The van der Waals surface area contributed by atoms with Crippen molar-refractivity contribution in [2.75, 3.05) is 0 Å². The molecule has 2 N–H and O–H groups in total. The lowest BCUT2D eigenvalue weighted by molar-refractivity contribution is -0.138. The van der Waals surface area contributed by atoms with Crippen LogP contribution in [0.4, 0.5) is 49.1 Å². The van der Waals surface area contributed by atoms with Crippen LogP contribution in [0, 0.1) is 0 Å². The molecular weight excluding hydrogens is 550 g/mol. The lowest BCUT2D eigenvalue weighted by Gasteiger charge is -2.07. The predicted molar refractivity (Wildman–Crippen MR) is 132 cm³/mol. The third kappa shape index (κ3) is 8.82. The van der Waals surface area contributed by atoms with Gasteiger partial charge in [-0.3, -0.25) is 0 Å². The minimum atomic E-state index is -4.51. The molecule has 0 radical (unpaired) electrons. The van der Waals surface area contributed by atoms with Crippen LogP contribution in [0.15, 0.2) is 111 Å². The van der Waals surface area contributed by atoms with Gasteiger partial charge < -0.3 is 10.2 Å². The van der Waals surface area contributed by atoms with E-state index in [2.05, 4.69) is 20.5 Å². The Labute approximate surface area is 222 Å². The quantitative estimate of drug-likeness (QED) is 0.190. The Morgan fingerprint density at radius 1 is 0.513 bits per heavy atom. The Hall–Kier alpha value is -4.45. The summed E-state index contributed by atoms with van der Waals surface area (Å²) in [5.41, 5.74) is -1.05. The van der Waals surface area contributed by atoms with Gasteiger partial charge in [-0.15, -0.1) is 10.2 Å². The molecule has 0 unspecified atom stereocenters. The second kappa shape index (κ2) is 12.4. The predicted octanol–water partition coefficient (Wildman–Crippen LogP) is 10.3. The van der Waals surface area contributed by atoms with E-state index in [1.807, 2.05) is 0 Å². The number of rotatable bonds is 4. The molecule has 6 nitrogen and oxygen atoms in total. The van der Waals surface area contributed by atoms with E-state index in [4.69, 9.17) is 11.6 Å². The number of nitrogens with zero attached hydrogens (tertiary/aromatic N) is 4. The van der Waals surface area contributed by atoms with Crippen molar-refractivity contribution in [1.29, 1.82) is 0 Å². The standard InChI is InChI=1S/C13H8ClF3N2O.C13H9F3N2O/c14-9-2-4-10(5-3-9)18-19-11-6-1-8(7-12(11)20)13(15,16)17;14-13(15,16)9-4-3-5-10(8-9)17-18-11-6-1-2-7-12(11)19/h1-7,20H;1-8,19H. The molecule has 202 valence electrons. The second-order valence-corrected chi connectivity index (χ2v) is 8.05. The Morgan fingerprint density at radius 3 is 1.67 bits per heavy atom. The van der Waals surface area contributed by atoms with E-state index in [9.17, 15) is 36.6 Å². The normalized spacial score (nSPS) is 12.0. The molecule has 4 aromatic carbocycles. The molecule has 0 aliphatic heterocycles. The Morgan fingerprint density at radius 2 is 1.08 bits per heavy atom. The highest BCUT2D eigenvalue weighted by Gasteiger charge is 2.31. The second-order valence-electron chi connectivity index (χ2n) is 7.61. The summed E-state index contributed by atoms with van der Waals surface area (Å²) in [4.78, 5) is 0. The molecule has 0 saturated carbocycles. The summed E-state index contributed by atoms with van der Waals surface area (Å²) in [5, 5.41) is 34.3. The Kier molecular flexibility index (Phi) is 9.25. The van der Waals surface area contributed by atoms with Gasteiger partial charge in [0.2, 0.25) is 0 Å². The maximum Gasteiger partial charge on any atom is 0.416 e. The average Bonchev–Trinajstić information content (AvgIpc) is 2.88. The molecule has 0 spiro atoms. The summed E-state index contributed by atoms with van der Waals surface area (Å²) in [6.07, 6.45) is -8.93. The van der Waals surface area contributed by atoms with Crippen LogP contribution < -0.4 is 0 Å². The number of hydrogen-bond donors (Lipinski definition) is 2. The van der Waals surface area contributed by atoms with Gasteiger partial charge in [0.05, 0.1) is 22.5 Å². The monoisotopic (exact) mass is 566 g/mol. The summed E-state index contributed by atoms with van der Waals surface area (Å²) in [5.74, 6) is -0.671. The number of aromatic hydroxyl groups is 2. The van der Waals surface area contributed by atoms with E-state index < -0.39 is 29.2 Å². The van der Waals surface area contributed by atoms with Crippen molar-refractivity contribution in [3.8, 4) is 11.5 Å². The van der Waals surface area contributed by atoms with Crippen LogP contribution in [0.5, 0.6) is 11.5 Å². The minimum absolute atomic E-state index is 0.0482. The number of alkyl halides is 6. The fourth-order valence-corrected chi connectivity index (χ4v) is 2.93. The summed E-state index contributed by atoms with van der Waals surface area (Å²) in [6.45, 7) is 0. The smallest absolute Gasteiger partial charge is 0.416 e. The van der Waals surface area contributed by atoms with E-state index in [0.717, 1.165) is 24.3 Å². The van der Waals surface area contributed by atoms with E-state index in [1.165, 1.54) is 24.3 Å². The molecule has 0 fully saturated rings. The van der Waals surface area contributed by atoms with Crippen molar-refractivity contribution < 1.29 is 36.6 Å². The number of phenolic OH excluding ortho intramolecular Hbond substituents is 2. The zero-order valence-corrected chi connectivity index (χ0v) is 20.2. The molecule has 0 aliphatic carbocycles. The summed E-state index contributed by atoms with van der Waals surface area (Å²) in [6, 6.07) is 19.5. The van der Waals surface area contributed by atoms with E-state index >= 15 is 0 Å². The molecule has 0 heterocycles. The molecule has 13 heteroatoms. The topological polar surface area (TPSA) is 89.9 Å². The lowest BCUT2D eigenvalue weighted by Crippen LogP contribution is -2.03. The molecule has 4 rings (SSSR count). The van der Waals surface area contributed by atoms with Crippen molar-refractivity contribution in [3.05, 3.63) is 107 Å². The number of hydrogen-bond acceptors (Lipinski definition) is 6. The van der Waals surface area contributed by atoms with Crippen molar-refractivity contribution in [2.24, 2.45) is 20.5 Å². The van der Waals surface area contributed by atoms with Crippen LogP contribution in [-0.4, -0.2) is 10.2 Å². The van der Waals surface area contributed by atoms with Gasteiger partial charge in [-0.05, 0) is 72.8 Å². The molecule has 39 heavy (non-hydrogen) atoms. The van der Waals surface area contributed by atoms with Gasteiger partial charge in [-0.2, -0.15) is 36.6 Å². The minimum Gasteiger partial charge on any atom is -0.506 e. The van der Waals surface area contributed by atoms with Crippen LogP contribution in [-0.2, 0) is 12.4 Å². The van der Waals surface area contributed by atoms with Gasteiger partial charge in [0.25, 0.3) is 0 Å². The fourth-order valence-electron chi connectivity index (χ4n) is 2.81. The summed E-state index contributed by atoms with van der Waals surface area (Å²) < 4.78 is 74.7. The number of phenols is 2. The molecule has 0 aliphatic rings. The SMILES string of the molecule is Oc1cc(C(F)(F)F)ccc1N=Nc1ccc(Cl)cc1.Oc1ccccc1N=Nc1cccc(C(F)(F)F)c1. The Bertz CT molecular complexity index is 1470. The molecular formula is C26H17ClF6N4O2. The van der Waals surface area contributed by atoms with Gasteiger partial charge in [0.1, 0.15) is 22.9 Å². The van der Waals surface area contributed by atoms with Crippen LogP contribution in [0.25, 0.3) is 0 Å². The van der Waals surface area contributed by atoms with Gasteiger partial charge in [0.15, 0.2) is 0 Å². The van der Waals surface area contributed by atoms with Crippen LogP contribution in [0.1, 0.15) is 11.1 Å². The van der Waals surface area contributed by atoms with Gasteiger partial charge in [-0.1, -0.05) is 29.8 Å². The molecule has 0 saturated heterocycles. The van der Waals surface area contributed by atoms with Crippen molar-refractivity contribution in [3.63, 3.8) is 0 Å². The largest absolute Gasteiger partial charge is 0.506 e. The Balaban J connectivity index is 0.000000216. The third-order valence-corrected chi connectivity index (χ3v) is 4.98. The van der Waals surface area contributed by atoms with Crippen molar-refractivity contribution in [2.45, 2.75) is 12.4 Å². The van der Waals surface area contributed by atoms with Crippen molar-refractivity contribution in [1.82, 2.24) is 0 Å². The van der Waals surface area contributed by atoms with Gasteiger partial charge >= 0.3 is 12.4 Å². The van der Waals surface area contributed by atoms with Crippen LogP contribution in [0.3, 0.4) is 0 Å². The molecule has 0 amide bonds. The highest BCUT2D eigenvalue weighted by atomic mass is 35.5. The lowest BCUT2D eigenvalue weighted by atomic mass is 10.2. The first kappa shape index (κ1) is 29.1. The first-order valence-electron chi connectivity index (χ1n) is 10.8. The van der Waals surface area contributed by atoms with Gasteiger partial charge in [-0.25, -0.2) is 0 Å². The number of para-hydroxylation sites is 1. The first-order valence-corrected chi connectivity index (χ1v) is 11.2. The summed E-state index contributed by atoms with van der Waals surface area (Å²) in [7, 11) is 0. The highest BCUT2D eigenvalue weighted by molar-refractivity contribution is 6.30. The van der Waals surface area contributed by atoms with Crippen LogP contribution >= 0.6 is 11.6 Å². The van der Waals surface area contributed by atoms with E-state index in [-0.39, 0.29) is 22.8 Å². The van der Waals surface area contributed by atoms with Gasteiger partial charge in [0, 0.05) is 5.02 Å². The van der Waals surface area contributed by atoms with Crippen molar-refractivity contribution >= 4 is 34.4 Å². The maximum absolute atomic E-state index is 12.5. The average molecular weight is 567 g/mol. The molecule has 0 aromatic heterocycles. The van der Waals surface area contributed by atoms with E-state index in [0.29, 0.717) is 16.8 Å². The maximum atomic E-state index is 12.5. The zero-order chi connectivity index (χ0) is 28.6. The fraction of sp³-hybridized carbons (Fsp3) is 0.0769. The number of halogens is 7. The summed E-state index contributed by atoms with van der Waals surface area (Å²) >= 11 is 5.70. The number of azo groups is 2. The van der Waals surface area contributed by atoms with E-state index in [1.54, 1.807) is 36.4 Å². The molecule has 4 aromatic rings.